The van der Waals surface area contributed by atoms with Gasteiger partial charge in [0, 0.05) is 82.2 Å². The zero-order valence-electron chi connectivity index (χ0n) is 66.4. The maximum absolute atomic E-state index is 12.7. The van der Waals surface area contributed by atoms with E-state index in [-0.39, 0.29) is 60.2 Å². The van der Waals surface area contributed by atoms with Crippen LogP contribution in [0.25, 0.3) is 0 Å². The molecule has 10 bridgehead atoms. The lowest BCUT2D eigenvalue weighted by atomic mass is 9.87. The Morgan fingerprint density at radius 1 is 0.365 bits per heavy atom. The molecule has 0 spiro atoms. The molecule has 1 amide bonds. The lowest BCUT2D eigenvalue weighted by molar-refractivity contribution is -0.140. The molecule has 0 radical (unpaired) electrons. The van der Waals surface area contributed by atoms with E-state index in [1.165, 1.54) is 84.6 Å². The lowest BCUT2D eigenvalue weighted by Crippen LogP contribution is -2.61. The van der Waals surface area contributed by atoms with E-state index in [1.807, 2.05) is 20.8 Å². The second-order valence-corrected chi connectivity index (χ2v) is 54.3. The maximum Gasteiger partial charge on any atom is 0.228 e. The fraction of sp³-hybridized carbons (Fsp3) is 0.644. The van der Waals surface area contributed by atoms with Crippen LogP contribution in [0.4, 0.5) is 0 Å². The summed E-state index contributed by atoms with van der Waals surface area (Å²) in [5.41, 5.74) is 7.76. The number of carbonyl (C=O) groups excluding carboxylic acids is 1. The van der Waals surface area contributed by atoms with Crippen molar-refractivity contribution in [2.75, 3.05) is 100 Å². The van der Waals surface area contributed by atoms with Crippen LogP contribution in [-0.2, 0) is 126 Å². The highest BCUT2D eigenvalue weighted by molar-refractivity contribution is 8.06. The van der Waals surface area contributed by atoms with Crippen LogP contribution in [0.5, 0.6) is 0 Å². The highest BCUT2D eigenvalue weighted by Crippen LogP contribution is 2.43. The van der Waals surface area contributed by atoms with E-state index in [9.17, 15) is 17.4 Å². The van der Waals surface area contributed by atoms with Gasteiger partial charge in [-0.3, -0.25) is 9.00 Å². The minimum absolute atomic E-state index is 0.135. The van der Waals surface area contributed by atoms with Gasteiger partial charge < -0.3 is 23.8 Å². The Kier molecular flexibility index (Phi) is 27.2. The molecule has 10 fully saturated rings. The normalized spacial score (nSPS) is 30.9. The number of rotatable bonds is 5. The first kappa shape index (κ1) is 82.6. The molecule has 5 aromatic rings. The number of fused-ring (bicyclic) bond motifs is 10. The molecular formula is C87H128NO8S8+5. The molecule has 8 atom stereocenters. The molecule has 104 heavy (non-hydrogen) atoms. The third-order valence-electron chi connectivity index (χ3n) is 22.1. The summed E-state index contributed by atoms with van der Waals surface area (Å²) in [5.74, 6) is 5.54. The van der Waals surface area contributed by atoms with E-state index in [0.717, 1.165) is 101 Å². The molecule has 0 aromatic heterocycles. The number of benzene rings is 5. The van der Waals surface area contributed by atoms with E-state index in [1.54, 1.807) is 4.90 Å². The van der Waals surface area contributed by atoms with Crippen LogP contribution in [0.15, 0.2) is 146 Å². The number of hydrogen-bond donors (Lipinski definition) is 0. The predicted molar refractivity (Wildman–Crippen MR) is 453 cm³/mol. The molecule has 10 aliphatic heterocycles. The van der Waals surface area contributed by atoms with E-state index in [0.29, 0.717) is 86.2 Å². The van der Waals surface area contributed by atoms with Gasteiger partial charge in [-0.1, -0.05) is 185 Å². The van der Waals surface area contributed by atoms with Crippen molar-refractivity contribution in [3.63, 3.8) is 0 Å². The Hall–Kier alpha value is -2.39. The summed E-state index contributed by atoms with van der Waals surface area (Å²) in [6.45, 7) is 48.5. The third kappa shape index (κ3) is 20.8. The van der Waals surface area contributed by atoms with Gasteiger partial charge in [-0.2, -0.15) is 11.8 Å². The van der Waals surface area contributed by atoms with Gasteiger partial charge >= 0.3 is 0 Å². The van der Waals surface area contributed by atoms with Crippen molar-refractivity contribution in [3.05, 3.63) is 149 Å². The maximum atomic E-state index is 12.7. The Morgan fingerprint density at radius 3 is 0.894 bits per heavy atom. The number of nitrogens with zero attached hydrogens (tertiary/aromatic N) is 1. The summed E-state index contributed by atoms with van der Waals surface area (Å²) in [6.07, 6.45) is 7.28. The molecule has 8 unspecified atom stereocenters. The first-order valence-electron chi connectivity index (χ1n) is 38.8. The average molecular weight is 1570 g/mol. The fourth-order valence-electron chi connectivity index (χ4n) is 16.3. The number of thioether (sulfide) groups is 1. The van der Waals surface area contributed by atoms with Gasteiger partial charge in [0.25, 0.3) is 0 Å². The SMILES string of the molecule is CC(C)(C)C(=O)N1CC2COCC(C1)[S+]2c1ccc(C(C)(C)C)cc1.CC(C)(C)c1ccc([S+]2C3CCCC2CS(=O)(=O)C3)cc1.CC(C)(C)c1ccc([S+]2C3CCCC2CS(=O)C3)cc1.CC(C)(C)c1ccc([S+]2C3COCC2COC3)cc1.CC(C)(C)c1ccc([S+]2C3COCC2CSC3)cc1. The molecule has 10 aliphatic rings. The van der Waals surface area contributed by atoms with E-state index < -0.39 is 20.6 Å². The van der Waals surface area contributed by atoms with Crippen LogP contribution >= 0.6 is 11.8 Å². The third-order valence-corrected chi connectivity index (χ3v) is 42.6. The van der Waals surface area contributed by atoms with Crippen LogP contribution in [0.3, 0.4) is 0 Å². The second-order valence-electron chi connectivity index (χ2n) is 36.8. The molecule has 0 saturated carbocycles. The number of ether oxygens (including phenoxy) is 4. The van der Waals surface area contributed by atoms with Crippen molar-refractivity contribution in [1.29, 1.82) is 0 Å². The van der Waals surface area contributed by atoms with E-state index >= 15 is 0 Å². The van der Waals surface area contributed by atoms with Crippen LogP contribution in [0.1, 0.15) is 191 Å². The number of hydrogen-bond acceptors (Lipinski definition) is 9. The predicted octanol–water partition coefficient (Wildman–Crippen LogP) is 16.8. The molecular weight excluding hydrogens is 1440 g/mol. The van der Waals surface area contributed by atoms with Crippen LogP contribution in [-0.4, -0.2) is 176 Å². The van der Waals surface area contributed by atoms with Crippen molar-refractivity contribution in [2.45, 2.75) is 267 Å². The molecule has 9 nitrogen and oxygen atoms in total. The summed E-state index contributed by atoms with van der Waals surface area (Å²) in [7, 11) is -1.97. The second kappa shape index (κ2) is 34.3. The molecule has 5 aromatic carbocycles. The Bertz CT molecular complexity index is 3570. The van der Waals surface area contributed by atoms with Crippen molar-refractivity contribution in [3.8, 4) is 0 Å². The Morgan fingerprint density at radius 2 is 0.606 bits per heavy atom. The van der Waals surface area contributed by atoms with Gasteiger partial charge in [0.2, 0.25) is 5.91 Å². The van der Waals surface area contributed by atoms with Crippen molar-refractivity contribution < 1.29 is 36.4 Å². The van der Waals surface area contributed by atoms with E-state index in [2.05, 4.69) is 242 Å². The minimum Gasteiger partial charge on any atom is -0.371 e. The van der Waals surface area contributed by atoms with Crippen LogP contribution < -0.4 is 0 Å². The van der Waals surface area contributed by atoms with Gasteiger partial charge in [-0.15, -0.1) is 0 Å². The molecule has 572 valence electrons. The van der Waals surface area contributed by atoms with Gasteiger partial charge in [0.05, 0.1) is 89.0 Å². The zero-order chi connectivity index (χ0) is 74.9. The monoisotopic (exact) mass is 1570 g/mol. The summed E-state index contributed by atoms with van der Waals surface area (Å²) >= 11 is 2.12. The fourth-order valence-corrected chi connectivity index (χ4v) is 39.4. The van der Waals surface area contributed by atoms with Gasteiger partial charge in [-0.05, 0) is 154 Å². The van der Waals surface area contributed by atoms with Crippen molar-refractivity contribution in [1.82, 2.24) is 4.90 Å². The Labute approximate surface area is 650 Å². The molecule has 10 saturated heterocycles. The molecule has 0 aliphatic carbocycles. The number of amides is 1. The molecule has 17 heteroatoms. The summed E-state index contributed by atoms with van der Waals surface area (Å²) in [6, 6.07) is 46.2. The highest BCUT2D eigenvalue weighted by atomic mass is 32.2. The first-order chi connectivity index (χ1) is 48.9. The average Bonchev–Trinajstić information content (AvgIpc) is 0.975. The number of carbonyl (C=O) groups is 1. The van der Waals surface area contributed by atoms with Crippen LogP contribution in [0, 0.1) is 5.41 Å². The summed E-state index contributed by atoms with van der Waals surface area (Å²) in [4.78, 5) is 22.2. The van der Waals surface area contributed by atoms with Crippen molar-refractivity contribution >= 4 is 92.8 Å². The standard InChI is InChI=1S/C21H32NO2S.C17H25O2S2.C17H25OS2.C16H23O2S.C16H23OS2/c1-20(2,3)15-7-9-16(10-8-15)25-17-11-22(19(23)21(4,5)6)12-18(25)14-24-13-17;1-17(2,3)13-7-9-14(10-8-13)20-15-5-4-6-16(20)12-21(18,19)11-15;1-17(2,3)13-7-9-14(10-8-13)20-15-5-4-6-16(20)12-19(18)11-15;1-16(2,3)12-4-6-13(7-5-12)19-14-8-17-10-15(19)11-18-9-14;1-16(2,3)12-4-6-13(7-5-12)19-14-8-17-9-15(19)11-18-10-14/h7-10,17-18H,11-14H2,1-6H3;7-10,15-16H,4-6,11-12H2,1-3H3;7-10,15-16H,4-6,11-12H2,1-3H3;2*4-7,14-15H,8-11H2,1-3H3/q5*+1. The summed E-state index contributed by atoms with van der Waals surface area (Å²) in [5, 5.41) is 5.58. The molecule has 15 rings (SSSR count). The highest BCUT2D eigenvalue weighted by Gasteiger charge is 2.55. The smallest absolute Gasteiger partial charge is 0.228 e. The topological polar surface area (TPSA) is 108 Å². The van der Waals surface area contributed by atoms with E-state index in [4.69, 9.17) is 18.9 Å². The number of sulfone groups is 1. The van der Waals surface area contributed by atoms with Crippen molar-refractivity contribution in [2.24, 2.45) is 5.41 Å². The first-order valence-corrected chi connectivity index (χ1v) is 50.0. The van der Waals surface area contributed by atoms with Gasteiger partial charge in [0.1, 0.15) is 21.0 Å². The molecule has 10 heterocycles. The van der Waals surface area contributed by atoms with Crippen LogP contribution in [0.2, 0.25) is 0 Å². The van der Waals surface area contributed by atoms with Gasteiger partial charge in [-0.25, -0.2) is 8.42 Å². The Balaban J connectivity index is 0.000000131. The quantitative estimate of drug-likeness (QED) is 0.159. The summed E-state index contributed by atoms with van der Waals surface area (Å²) < 4.78 is 59.0. The van der Waals surface area contributed by atoms with Gasteiger partial charge in [0.15, 0.2) is 65.8 Å². The minimum atomic E-state index is -2.81. The zero-order valence-corrected chi connectivity index (χ0v) is 72.9. The largest absolute Gasteiger partial charge is 0.371 e. The molecule has 0 N–H and O–H groups in total. The lowest BCUT2D eigenvalue weighted by Gasteiger charge is -2.42.